The number of H-pyrrole nitrogens is 1. The molecule has 2 fully saturated rings. The zero-order valence-corrected chi connectivity index (χ0v) is 21.3. The number of piperidine rings is 1. The second-order valence-corrected chi connectivity index (χ2v) is 11.4. The minimum absolute atomic E-state index is 0.0648. The molecule has 3 N–H and O–H groups in total. The Labute approximate surface area is 211 Å². The van der Waals surface area contributed by atoms with E-state index in [4.69, 9.17) is 10.2 Å². The van der Waals surface area contributed by atoms with E-state index in [-0.39, 0.29) is 31.1 Å². The number of rotatable bonds is 8. The van der Waals surface area contributed by atoms with Crippen molar-refractivity contribution in [1.29, 1.82) is 5.26 Å². The first-order valence-electron chi connectivity index (χ1n) is 12.3. The molecule has 3 aromatic rings. The lowest BCUT2D eigenvalue weighted by atomic mass is 9.96. The smallest absolute Gasteiger partial charge is 0.282 e. The average Bonchev–Trinajstić information content (AvgIpc) is 3.23. The molecule has 0 amide bonds. The summed E-state index contributed by atoms with van der Waals surface area (Å²) in [5, 5.41) is 23.9. The first-order chi connectivity index (χ1) is 17.4. The van der Waals surface area contributed by atoms with Gasteiger partial charge in [-0.25, -0.2) is 4.98 Å². The third-order valence-electron chi connectivity index (χ3n) is 6.84. The van der Waals surface area contributed by atoms with Crippen LogP contribution in [0.5, 0.6) is 0 Å². The van der Waals surface area contributed by atoms with Gasteiger partial charge in [0.15, 0.2) is 5.82 Å². The van der Waals surface area contributed by atoms with E-state index in [1.165, 1.54) is 4.31 Å². The molecule has 12 heteroatoms. The molecule has 0 aliphatic carbocycles. The van der Waals surface area contributed by atoms with E-state index in [1.54, 1.807) is 10.5 Å². The fourth-order valence-corrected chi connectivity index (χ4v) is 6.91. The highest BCUT2D eigenvalue weighted by atomic mass is 32.2. The number of nitrogens with zero attached hydrogens (tertiary/aromatic N) is 6. The van der Waals surface area contributed by atoms with Crippen LogP contribution in [-0.4, -0.2) is 68.9 Å². The molecule has 2 aliphatic rings. The molecular formula is C24H31N9O2S. The molecule has 5 rings (SSSR count). The summed E-state index contributed by atoms with van der Waals surface area (Å²) in [5.74, 6) is 1.81. The van der Waals surface area contributed by atoms with Gasteiger partial charge in [-0.1, -0.05) is 13.3 Å². The standard InChI is InChI=1S/C24H31N9O2S/c1-3-5-19-11-18(7-9-33(19)36(34,35)32-14-17(13-25)15-32)27-24-20-6-4-8-26-21(20)12-22(29-24)28-23-10-16(2)30-31-23/h4,6,8,10,12,17-19H,3,5,7,9,11,14-15H2,1-2H3,(H3,27,28,29,30,31)/t18-,19+/m1/s1. The first kappa shape index (κ1) is 24.4. The van der Waals surface area contributed by atoms with Gasteiger partial charge in [0.1, 0.15) is 11.6 Å². The number of nitrogens with one attached hydrogen (secondary N) is 3. The zero-order valence-electron chi connectivity index (χ0n) is 20.5. The van der Waals surface area contributed by atoms with Gasteiger partial charge in [-0.2, -0.15) is 27.4 Å². The number of nitriles is 1. The number of pyridine rings is 2. The Morgan fingerprint density at radius 3 is 2.83 bits per heavy atom. The molecule has 0 saturated carbocycles. The summed E-state index contributed by atoms with van der Waals surface area (Å²) in [5.41, 5.74) is 1.75. The van der Waals surface area contributed by atoms with Gasteiger partial charge in [-0.05, 0) is 38.3 Å². The molecule has 5 heterocycles. The molecule has 0 aromatic carbocycles. The van der Waals surface area contributed by atoms with Crippen molar-refractivity contribution in [2.24, 2.45) is 5.92 Å². The Morgan fingerprint density at radius 1 is 1.28 bits per heavy atom. The molecule has 2 atom stereocenters. The Hall–Kier alpha value is -3.27. The van der Waals surface area contributed by atoms with Gasteiger partial charge >= 0.3 is 0 Å². The number of fused-ring (bicyclic) bond motifs is 1. The van der Waals surface area contributed by atoms with Crippen molar-refractivity contribution < 1.29 is 8.42 Å². The van der Waals surface area contributed by atoms with Crippen LogP contribution in [0.2, 0.25) is 0 Å². The van der Waals surface area contributed by atoms with Crippen LogP contribution in [0, 0.1) is 24.2 Å². The molecule has 11 nitrogen and oxygen atoms in total. The van der Waals surface area contributed by atoms with Gasteiger partial charge in [0.25, 0.3) is 10.2 Å². The molecule has 0 unspecified atom stereocenters. The van der Waals surface area contributed by atoms with Crippen molar-refractivity contribution in [1.82, 2.24) is 28.8 Å². The summed E-state index contributed by atoms with van der Waals surface area (Å²) >= 11 is 0. The van der Waals surface area contributed by atoms with E-state index in [2.05, 4.69) is 38.8 Å². The van der Waals surface area contributed by atoms with Gasteiger partial charge < -0.3 is 10.6 Å². The summed E-state index contributed by atoms with van der Waals surface area (Å²) < 4.78 is 29.6. The second kappa shape index (κ2) is 10.0. The first-order valence-corrected chi connectivity index (χ1v) is 13.7. The summed E-state index contributed by atoms with van der Waals surface area (Å²) in [6.45, 7) is 5.01. The quantitative estimate of drug-likeness (QED) is 0.420. The molecule has 0 radical (unpaired) electrons. The molecule has 36 heavy (non-hydrogen) atoms. The highest BCUT2D eigenvalue weighted by Gasteiger charge is 2.43. The SMILES string of the molecule is CCC[C@H]1C[C@H](Nc2nc(Nc3cc(C)[nH]n3)cc3ncccc23)CCN1S(=O)(=O)N1CC(C#N)C1. The van der Waals surface area contributed by atoms with Gasteiger partial charge in [0.2, 0.25) is 0 Å². The number of hydrogen-bond acceptors (Lipinski definition) is 8. The van der Waals surface area contributed by atoms with Crippen LogP contribution in [0.4, 0.5) is 17.5 Å². The maximum Gasteiger partial charge on any atom is 0.282 e. The molecule has 3 aromatic heterocycles. The van der Waals surface area contributed by atoms with E-state index >= 15 is 0 Å². The van der Waals surface area contributed by atoms with Crippen LogP contribution in [-0.2, 0) is 10.2 Å². The lowest BCUT2D eigenvalue weighted by molar-refractivity contribution is 0.180. The maximum atomic E-state index is 13.3. The summed E-state index contributed by atoms with van der Waals surface area (Å²) in [7, 11) is -3.57. The Bertz CT molecular complexity index is 1380. The van der Waals surface area contributed by atoms with Crippen LogP contribution in [0.1, 0.15) is 38.3 Å². The second-order valence-electron chi connectivity index (χ2n) is 9.56. The van der Waals surface area contributed by atoms with Gasteiger partial charge in [-0.3, -0.25) is 10.1 Å². The molecule has 190 valence electrons. The molecule has 0 spiro atoms. The minimum atomic E-state index is -3.57. The number of aromatic nitrogens is 4. The van der Waals surface area contributed by atoms with E-state index in [0.717, 1.165) is 29.4 Å². The van der Waals surface area contributed by atoms with E-state index < -0.39 is 10.2 Å². The molecule has 2 aliphatic heterocycles. The normalized spacial score (nSPS) is 21.7. The van der Waals surface area contributed by atoms with Gasteiger partial charge in [-0.15, -0.1) is 0 Å². The van der Waals surface area contributed by atoms with Crippen LogP contribution in [0.15, 0.2) is 30.5 Å². The summed E-state index contributed by atoms with van der Waals surface area (Å²) in [6, 6.07) is 9.78. The van der Waals surface area contributed by atoms with Crippen LogP contribution in [0.25, 0.3) is 10.9 Å². The highest BCUT2D eigenvalue weighted by Crippen LogP contribution is 2.32. The molecule has 0 bridgehead atoms. The third-order valence-corrected chi connectivity index (χ3v) is 8.86. The van der Waals surface area contributed by atoms with Gasteiger partial charge in [0.05, 0.1) is 17.5 Å². The minimum Gasteiger partial charge on any atom is -0.367 e. The van der Waals surface area contributed by atoms with Crippen LogP contribution in [0.3, 0.4) is 0 Å². The Morgan fingerprint density at radius 2 is 2.11 bits per heavy atom. The van der Waals surface area contributed by atoms with Crippen molar-refractivity contribution in [2.45, 2.75) is 51.6 Å². The van der Waals surface area contributed by atoms with Crippen molar-refractivity contribution in [3.8, 4) is 6.07 Å². The molecule has 2 saturated heterocycles. The van der Waals surface area contributed by atoms with Gasteiger partial charge in [0, 0.05) is 61.1 Å². The van der Waals surface area contributed by atoms with Crippen LogP contribution >= 0.6 is 0 Å². The predicted octanol–water partition coefficient (Wildman–Crippen LogP) is 3.15. The number of aryl methyl sites for hydroxylation is 1. The fraction of sp³-hybridized carbons (Fsp3) is 0.500. The van der Waals surface area contributed by atoms with Crippen LogP contribution < -0.4 is 10.6 Å². The number of anilines is 3. The summed E-state index contributed by atoms with van der Waals surface area (Å²) in [4.78, 5) is 9.34. The van der Waals surface area contributed by atoms with Crippen molar-refractivity contribution >= 4 is 38.6 Å². The summed E-state index contributed by atoms with van der Waals surface area (Å²) in [6.07, 6.45) is 4.76. The van der Waals surface area contributed by atoms with E-state index in [9.17, 15) is 8.42 Å². The van der Waals surface area contributed by atoms with E-state index in [0.29, 0.717) is 36.8 Å². The average molecular weight is 510 g/mol. The van der Waals surface area contributed by atoms with Crippen molar-refractivity contribution in [3.63, 3.8) is 0 Å². The number of aromatic amines is 1. The lowest BCUT2D eigenvalue weighted by Crippen LogP contribution is -2.59. The predicted molar refractivity (Wildman–Crippen MR) is 138 cm³/mol. The molecular weight excluding hydrogens is 478 g/mol. The Balaban J connectivity index is 1.35. The zero-order chi connectivity index (χ0) is 25.3. The number of hydrogen-bond donors (Lipinski definition) is 3. The fourth-order valence-electron chi connectivity index (χ4n) is 4.97. The van der Waals surface area contributed by atoms with E-state index in [1.807, 2.05) is 31.2 Å². The maximum absolute atomic E-state index is 13.3. The third kappa shape index (κ3) is 4.86. The van der Waals surface area contributed by atoms with Crippen molar-refractivity contribution in [3.05, 3.63) is 36.2 Å². The topological polar surface area (TPSA) is 143 Å². The lowest BCUT2D eigenvalue weighted by Gasteiger charge is -2.44. The van der Waals surface area contributed by atoms with Crippen molar-refractivity contribution in [2.75, 3.05) is 30.3 Å². The Kier molecular flexibility index (Phi) is 6.79. The highest BCUT2D eigenvalue weighted by molar-refractivity contribution is 7.86. The monoisotopic (exact) mass is 509 g/mol. The largest absolute Gasteiger partial charge is 0.367 e.